The van der Waals surface area contributed by atoms with Gasteiger partial charge in [0.15, 0.2) is 5.82 Å². The van der Waals surface area contributed by atoms with Gasteiger partial charge in [0.2, 0.25) is 0 Å². The van der Waals surface area contributed by atoms with Crippen LogP contribution in [0.3, 0.4) is 0 Å². The van der Waals surface area contributed by atoms with Gasteiger partial charge in [-0.15, -0.1) is 5.10 Å². The van der Waals surface area contributed by atoms with Crippen LogP contribution in [0.25, 0.3) is 16.8 Å². The first-order chi connectivity index (χ1) is 16.5. The summed E-state index contributed by atoms with van der Waals surface area (Å²) in [6, 6.07) is 8.32. The van der Waals surface area contributed by atoms with E-state index in [0.29, 0.717) is 42.4 Å². The summed E-state index contributed by atoms with van der Waals surface area (Å²) >= 11 is 0. The lowest BCUT2D eigenvalue weighted by molar-refractivity contribution is 0.0342. The Bertz CT molecular complexity index is 1190. The van der Waals surface area contributed by atoms with Crippen molar-refractivity contribution in [2.24, 2.45) is 0 Å². The summed E-state index contributed by atoms with van der Waals surface area (Å²) in [6.45, 7) is 5.67. The Morgan fingerprint density at radius 1 is 1.18 bits per heavy atom. The number of amides is 1. The van der Waals surface area contributed by atoms with E-state index in [4.69, 9.17) is 4.74 Å². The second-order valence-corrected chi connectivity index (χ2v) is 8.90. The van der Waals surface area contributed by atoms with Crippen LogP contribution in [0.4, 0.5) is 8.78 Å². The van der Waals surface area contributed by atoms with Crippen molar-refractivity contribution in [1.82, 2.24) is 30.4 Å². The second kappa shape index (κ2) is 9.55. The van der Waals surface area contributed by atoms with Crippen molar-refractivity contribution in [3.8, 4) is 16.8 Å². The van der Waals surface area contributed by atoms with Crippen molar-refractivity contribution in [3.05, 3.63) is 59.4 Å². The molecule has 1 N–H and O–H groups in total. The average Bonchev–Trinajstić information content (AvgIpc) is 3.55. The van der Waals surface area contributed by atoms with Crippen LogP contribution in [0.2, 0.25) is 0 Å². The minimum Gasteiger partial charge on any atom is -0.379 e. The second-order valence-electron chi connectivity index (χ2n) is 8.90. The van der Waals surface area contributed by atoms with E-state index in [0.717, 1.165) is 32.0 Å². The first-order valence-electron chi connectivity index (χ1n) is 11.5. The van der Waals surface area contributed by atoms with Crippen LogP contribution in [-0.2, 0) is 4.74 Å². The van der Waals surface area contributed by atoms with Crippen molar-refractivity contribution >= 4 is 5.91 Å². The van der Waals surface area contributed by atoms with Crippen molar-refractivity contribution in [2.45, 2.75) is 31.7 Å². The Morgan fingerprint density at radius 2 is 1.97 bits per heavy atom. The number of carbonyl (C=O) groups is 1. The molecule has 1 saturated heterocycles. The summed E-state index contributed by atoms with van der Waals surface area (Å²) in [7, 11) is 0. The van der Waals surface area contributed by atoms with Crippen LogP contribution in [0.1, 0.15) is 41.9 Å². The van der Waals surface area contributed by atoms with Crippen LogP contribution >= 0.6 is 0 Å². The molecule has 0 bridgehead atoms. The summed E-state index contributed by atoms with van der Waals surface area (Å²) in [4.78, 5) is 15.4. The standard InChI is InChI=1S/C24H26F2N6O2/c1-15(14-31-6-8-34-9-7-31)27-24(33)18-10-17(21-5-4-19(25)13-22(21)26)11-20(12-18)32-23(16-2-3-16)28-29-30-32/h4-5,10-13,15-16H,2-3,6-9,14H2,1H3,(H,27,33)/t15-/m1/s1. The topological polar surface area (TPSA) is 85.2 Å². The van der Waals surface area contributed by atoms with Gasteiger partial charge in [0.25, 0.3) is 5.91 Å². The number of carbonyl (C=O) groups excluding carboxylic acids is 1. The molecule has 8 nitrogen and oxygen atoms in total. The predicted molar refractivity (Wildman–Crippen MR) is 121 cm³/mol. The molecule has 0 unspecified atom stereocenters. The summed E-state index contributed by atoms with van der Waals surface area (Å²) < 4.78 is 35.1. The number of nitrogens with one attached hydrogen (secondary N) is 1. The highest BCUT2D eigenvalue weighted by molar-refractivity contribution is 5.96. The number of halogens is 2. The number of rotatable bonds is 7. The number of hydrogen-bond donors (Lipinski definition) is 1. The van der Waals surface area contributed by atoms with E-state index < -0.39 is 11.6 Å². The normalized spacial score (nSPS) is 17.5. The Hall–Kier alpha value is -3.24. The Morgan fingerprint density at radius 3 is 2.71 bits per heavy atom. The molecule has 2 aromatic carbocycles. The predicted octanol–water partition coefficient (Wildman–Crippen LogP) is 2.94. The first kappa shape index (κ1) is 22.5. The number of hydrogen-bond acceptors (Lipinski definition) is 6. The van der Waals surface area contributed by atoms with Crippen molar-refractivity contribution in [2.75, 3.05) is 32.8 Å². The third-order valence-corrected chi connectivity index (χ3v) is 6.12. The van der Waals surface area contributed by atoms with E-state index in [1.807, 2.05) is 6.92 Å². The minimum absolute atomic E-state index is 0.102. The van der Waals surface area contributed by atoms with Gasteiger partial charge < -0.3 is 10.1 Å². The molecule has 2 aliphatic rings. The Balaban J connectivity index is 1.46. The van der Waals surface area contributed by atoms with Gasteiger partial charge >= 0.3 is 0 Å². The van der Waals surface area contributed by atoms with E-state index in [1.54, 1.807) is 22.9 Å². The zero-order valence-electron chi connectivity index (χ0n) is 18.9. The molecule has 1 aliphatic carbocycles. The summed E-state index contributed by atoms with van der Waals surface area (Å²) in [5.41, 5.74) is 1.54. The molecule has 1 saturated carbocycles. The Kier molecular flexibility index (Phi) is 6.34. The molecule has 1 aliphatic heterocycles. The van der Waals surface area contributed by atoms with E-state index in [1.165, 1.54) is 12.1 Å². The molecule has 1 aromatic heterocycles. The molecule has 5 rings (SSSR count). The van der Waals surface area contributed by atoms with Crippen LogP contribution in [0.15, 0.2) is 36.4 Å². The first-order valence-corrected chi connectivity index (χ1v) is 11.5. The van der Waals surface area contributed by atoms with E-state index in [-0.39, 0.29) is 23.4 Å². The smallest absolute Gasteiger partial charge is 0.251 e. The number of benzene rings is 2. The summed E-state index contributed by atoms with van der Waals surface area (Å²) in [6.07, 6.45) is 2.00. The van der Waals surface area contributed by atoms with E-state index >= 15 is 0 Å². The molecule has 2 fully saturated rings. The molecule has 34 heavy (non-hydrogen) atoms. The maximum absolute atomic E-state index is 14.6. The van der Waals surface area contributed by atoms with Gasteiger partial charge in [-0.25, -0.2) is 8.78 Å². The molecular weight excluding hydrogens is 442 g/mol. The molecule has 0 spiro atoms. The monoisotopic (exact) mass is 468 g/mol. The number of morpholine rings is 1. The van der Waals surface area contributed by atoms with E-state index in [2.05, 4.69) is 25.7 Å². The van der Waals surface area contributed by atoms with Gasteiger partial charge in [-0.05, 0) is 66.1 Å². The van der Waals surface area contributed by atoms with Crippen LogP contribution < -0.4 is 5.32 Å². The zero-order chi connectivity index (χ0) is 23.7. The van der Waals surface area contributed by atoms with Crippen molar-refractivity contribution in [1.29, 1.82) is 0 Å². The molecule has 3 aromatic rings. The van der Waals surface area contributed by atoms with Gasteiger partial charge in [0.1, 0.15) is 11.6 Å². The fraction of sp³-hybridized carbons (Fsp3) is 0.417. The van der Waals surface area contributed by atoms with Gasteiger partial charge in [-0.3, -0.25) is 9.69 Å². The maximum Gasteiger partial charge on any atom is 0.251 e. The van der Waals surface area contributed by atoms with Crippen LogP contribution in [-0.4, -0.2) is 69.9 Å². The fourth-order valence-electron chi connectivity index (χ4n) is 4.24. The lowest BCUT2D eigenvalue weighted by Crippen LogP contribution is -2.46. The molecule has 2 heterocycles. The molecule has 1 atom stereocenters. The largest absolute Gasteiger partial charge is 0.379 e. The molecule has 178 valence electrons. The zero-order valence-corrected chi connectivity index (χ0v) is 18.9. The minimum atomic E-state index is -0.705. The van der Waals surface area contributed by atoms with Crippen molar-refractivity contribution in [3.63, 3.8) is 0 Å². The quantitative estimate of drug-likeness (QED) is 0.574. The van der Waals surface area contributed by atoms with E-state index in [9.17, 15) is 13.6 Å². The lowest BCUT2D eigenvalue weighted by Gasteiger charge is -2.29. The third kappa shape index (κ3) is 4.97. The van der Waals surface area contributed by atoms with Gasteiger partial charge in [-0.2, -0.15) is 4.68 Å². The lowest BCUT2D eigenvalue weighted by atomic mass is 10.0. The van der Waals surface area contributed by atoms with Crippen LogP contribution in [0, 0.1) is 11.6 Å². The highest BCUT2D eigenvalue weighted by atomic mass is 19.1. The van der Waals surface area contributed by atoms with Crippen LogP contribution in [0.5, 0.6) is 0 Å². The molecule has 0 radical (unpaired) electrons. The highest BCUT2D eigenvalue weighted by Gasteiger charge is 2.30. The fourth-order valence-corrected chi connectivity index (χ4v) is 4.24. The van der Waals surface area contributed by atoms with Gasteiger partial charge in [0.05, 0.1) is 18.9 Å². The van der Waals surface area contributed by atoms with Gasteiger partial charge in [0, 0.05) is 48.8 Å². The molecule has 1 amide bonds. The summed E-state index contributed by atoms with van der Waals surface area (Å²) in [5, 5.41) is 15.1. The average molecular weight is 469 g/mol. The number of nitrogens with zero attached hydrogens (tertiary/aromatic N) is 5. The SMILES string of the molecule is C[C@H](CN1CCOCC1)NC(=O)c1cc(-c2ccc(F)cc2F)cc(-n2nnnc2C2CC2)c1. The highest BCUT2D eigenvalue weighted by Crippen LogP contribution is 2.39. The molecule has 10 heteroatoms. The van der Waals surface area contributed by atoms with Crippen molar-refractivity contribution < 1.29 is 18.3 Å². The maximum atomic E-state index is 14.6. The van der Waals surface area contributed by atoms with Gasteiger partial charge in [-0.1, -0.05) is 0 Å². The number of ether oxygens (including phenoxy) is 1. The summed E-state index contributed by atoms with van der Waals surface area (Å²) in [5.74, 6) is -0.671. The number of aromatic nitrogens is 4. The molecular formula is C24H26F2N6O2. The third-order valence-electron chi connectivity index (χ3n) is 6.12. The Labute approximate surface area is 195 Å². The number of tetrazole rings is 1.